The van der Waals surface area contributed by atoms with Gasteiger partial charge in [0.25, 0.3) is 0 Å². The number of para-hydroxylation sites is 3. The first-order valence-corrected chi connectivity index (χ1v) is 18.0. The van der Waals surface area contributed by atoms with E-state index in [1.807, 2.05) is 30.3 Å². The molecule has 12 rings (SSSR count). The lowest BCUT2D eigenvalue weighted by Crippen LogP contribution is -1.92. The molecule has 0 bridgehead atoms. The van der Waals surface area contributed by atoms with Gasteiger partial charge in [0.2, 0.25) is 0 Å². The Kier molecular flexibility index (Phi) is 5.77. The monoisotopic (exact) mass is 676 g/mol. The molecule has 3 nitrogen and oxygen atoms in total. The van der Waals surface area contributed by atoms with Gasteiger partial charge in [-0.2, -0.15) is 0 Å². The Morgan fingerprint density at radius 2 is 0.755 bits per heavy atom. The van der Waals surface area contributed by atoms with Crippen molar-refractivity contribution in [1.29, 1.82) is 0 Å². The van der Waals surface area contributed by atoms with Crippen molar-refractivity contribution >= 4 is 87.4 Å². The van der Waals surface area contributed by atoms with Gasteiger partial charge in [-0.3, -0.25) is 0 Å². The number of hydrogen-bond donors (Lipinski definition) is 0. The maximum absolute atomic E-state index is 6.88. The molecule has 0 atom stereocenters. The Hall–Kier alpha value is -7.10. The number of rotatable bonds is 3. The average molecular weight is 677 g/mol. The fraction of sp³-hybridized carbons (Fsp3) is 0. The second-order valence-corrected chi connectivity index (χ2v) is 13.9. The van der Waals surface area contributed by atoms with E-state index in [1.165, 1.54) is 32.7 Å². The molecule has 12 aromatic rings. The molecule has 0 unspecified atom stereocenters. The fourth-order valence-electron chi connectivity index (χ4n) is 8.86. The predicted octanol–water partition coefficient (Wildman–Crippen LogP) is 14.7. The fourth-order valence-corrected chi connectivity index (χ4v) is 8.86. The van der Waals surface area contributed by atoms with Crippen LogP contribution in [0.2, 0.25) is 0 Å². The molecule has 0 saturated heterocycles. The molecular weight excluding hydrogens is 649 g/mol. The maximum Gasteiger partial charge on any atom is 0.143 e. The van der Waals surface area contributed by atoms with Crippen LogP contribution in [0, 0.1) is 0 Å². The summed E-state index contributed by atoms with van der Waals surface area (Å²) in [4.78, 5) is 0. The highest BCUT2D eigenvalue weighted by Crippen LogP contribution is 2.50. The van der Waals surface area contributed by atoms with E-state index >= 15 is 0 Å². The lowest BCUT2D eigenvalue weighted by molar-refractivity contribution is 0.668. The Bertz CT molecular complexity index is 3410. The Morgan fingerprint density at radius 1 is 0.264 bits per heavy atom. The Morgan fingerprint density at radius 3 is 1.45 bits per heavy atom. The van der Waals surface area contributed by atoms with Crippen LogP contribution in [0.1, 0.15) is 0 Å². The molecule has 9 aromatic carbocycles. The highest BCUT2D eigenvalue weighted by atomic mass is 16.3. The van der Waals surface area contributed by atoms with E-state index in [-0.39, 0.29) is 0 Å². The van der Waals surface area contributed by atoms with E-state index in [1.54, 1.807) is 0 Å². The van der Waals surface area contributed by atoms with E-state index in [2.05, 4.69) is 140 Å². The van der Waals surface area contributed by atoms with Crippen molar-refractivity contribution in [3.8, 4) is 33.4 Å². The zero-order chi connectivity index (χ0) is 34.6. The molecule has 246 valence electrons. The maximum atomic E-state index is 6.88. The van der Waals surface area contributed by atoms with Gasteiger partial charge in [0.05, 0.1) is 0 Å². The molecule has 0 aliphatic rings. The third kappa shape index (κ3) is 3.99. The molecule has 0 saturated carbocycles. The number of benzene rings is 9. The van der Waals surface area contributed by atoms with Gasteiger partial charge in [0.15, 0.2) is 0 Å². The van der Waals surface area contributed by atoms with Gasteiger partial charge in [-0.15, -0.1) is 0 Å². The summed E-state index contributed by atoms with van der Waals surface area (Å²) in [7, 11) is 0. The van der Waals surface area contributed by atoms with Gasteiger partial charge >= 0.3 is 0 Å². The Balaban J connectivity index is 1.19. The van der Waals surface area contributed by atoms with Crippen LogP contribution in [-0.4, -0.2) is 0 Å². The summed E-state index contributed by atoms with van der Waals surface area (Å²) in [6, 6.07) is 60.1. The van der Waals surface area contributed by atoms with Crippen molar-refractivity contribution in [3.05, 3.63) is 170 Å². The highest BCUT2D eigenvalue weighted by molar-refractivity contribution is 6.28. The summed E-state index contributed by atoms with van der Waals surface area (Å²) < 4.78 is 19.4. The lowest BCUT2D eigenvalue weighted by Gasteiger charge is -2.19. The van der Waals surface area contributed by atoms with E-state index < -0.39 is 0 Å². The van der Waals surface area contributed by atoms with Crippen LogP contribution in [0.5, 0.6) is 0 Å². The molecule has 0 fully saturated rings. The van der Waals surface area contributed by atoms with Crippen molar-refractivity contribution in [3.63, 3.8) is 0 Å². The van der Waals surface area contributed by atoms with E-state index in [0.29, 0.717) is 0 Å². The predicted molar refractivity (Wildman–Crippen MR) is 220 cm³/mol. The zero-order valence-corrected chi connectivity index (χ0v) is 28.4. The molecule has 3 aromatic heterocycles. The number of hydrogen-bond acceptors (Lipinski definition) is 3. The molecule has 3 heterocycles. The summed E-state index contributed by atoms with van der Waals surface area (Å²) in [5, 5.41) is 11.4. The zero-order valence-electron chi connectivity index (χ0n) is 28.4. The van der Waals surface area contributed by atoms with Crippen molar-refractivity contribution in [2.24, 2.45) is 0 Å². The summed E-state index contributed by atoms with van der Waals surface area (Å²) >= 11 is 0. The second kappa shape index (κ2) is 10.7. The smallest absolute Gasteiger partial charge is 0.143 e. The van der Waals surface area contributed by atoms with Crippen LogP contribution in [0.3, 0.4) is 0 Å². The third-order valence-corrected chi connectivity index (χ3v) is 11.1. The van der Waals surface area contributed by atoms with Crippen LogP contribution < -0.4 is 0 Å². The molecule has 0 radical (unpaired) electrons. The second-order valence-electron chi connectivity index (χ2n) is 13.9. The molecular formula is C50H28O3. The molecule has 0 amide bonds. The first kappa shape index (κ1) is 28.6. The van der Waals surface area contributed by atoms with Crippen molar-refractivity contribution < 1.29 is 13.3 Å². The summed E-state index contributed by atoms with van der Waals surface area (Å²) in [5.41, 5.74) is 12.2. The molecule has 0 aliphatic carbocycles. The van der Waals surface area contributed by atoms with E-state index in [4.69, 9.17) is 13.3 Å². The van der Waals surface area contributed by atoms with Crippen LogP contribution in [0.15, 0.2) is 183 Å². The van der Waals surface area contributed by atoms with Gasteiger partial charge < -0.3 is 13.3 Å². The average Bonchev–Trinajstić information content (AvgIpc) is 3.91. The summed E-state index contributed by atoms with van der Waals surface area (Å²) in [6.07, 6.45) is 0. The minimum Gasteiger partial charge on any atom is -0.456 e. The summed E-state index contributed by atoms with van der Waals surface area (Å²) in [5.74, 6) is 0. The van der Waals surface area contributed by atoms with Crippen LogP contribution >= 0.6 is 0 Å². The van der Waals surface area contributed by atoms with E-state index in [0.717, 1.165) is 88.1 Å². The van der Waals surface area contributed by atoms with Crippen LogP contribution in [-0.2, 0) is 0 Å². The minimum absolute atomic E-state index is 0.867. The van der Waals surface area contributed by atoms with Crippen molar-refractivity contribution in [2.75, 3.05) is 0 Å². The minimum atomic E-state index is 0.867. The van der Waals surface area contributed by atoms with Gasteiger partial charge in [-0.05, 0) is 91.8 Å². The molecule has 0 spiro atoms. The van der Waals surface area contributed by atoms with Gasteiger partial charge in [-0.1, -0.05) is 127 Å². The lowest BCUT2D eigenvalue weighted by atomic mass is 9.84. The molecule has 3 heteroatoms. The van der Waals surface area contributed by atoms with Gasteiger partial charge in [-0.25, -0.2) is 0 Å². The van der Waals surface area contributed by atoms with Gasteiger partial charge in [0, 0.05) is 37.9 Å². The molecule has 53 heavy (non-hydrogen) atoms. The normalized spacial score (nSPS) is 12.2. The van der Waals surface area contributed by atoms with Crippen molar-refractivity contribution in [1.82, 2.24) is 0 Å². The largest absolute Gasteiger partial charge is 0.456 e. The highest BCUT2D eigenvalue weighted by Gasteiger charge is 2.24. The topological polar surface area (TPSA) is 39.4 Å². The Labute approximate surface area is 302 Å². The summed E-state index contributed by atoms with van der Waals surface area (Å²) in [6.45, 7) is 0. The van der Waals surface area contributed by atoms with Gasteiger partial charge in [0.1, 0.15) is 33.5 Å². The SMILES string of the molecule is c1ccc2c(c1)oc1ccc(-c3c4ccccc4c(-c4ccc(-c5cccc6oc7ccccc7c56)c5oc6ccccc6c45)c4ccccc34)cc12. The van der Waals surface area contributed by atoms with E-state index in [9.17, 15) is 0 Å². The standard InChI is InChI=1S/C50H28O3/c1-3-15-33-31(13-1)46(29-24-27-44-40(28-29)30-12-5-8-20-41(30)51-44)32-14-2-4-16-34(32)47(33)39-26-25-36(50-49(39)38-18-7-10-22-43(38)53-50)35-19-11-23-45-48(35)37-17-6-9-21-42(37)52-45/h1-28H. The first-order valence-electron chi connectivity index (χ1n) is 18.0. The van der Waals surface area contributed by atoms with Crippen LogP contribution in [0.4, 0.5) is 0 Å². The number of fused-ring (bicyclic) bond motifs is 11. The molecule has 0 aliphatic heterocycles. The van der Waals surface area contributed by atoms with Crippen LogP contribution in [0.25, 0.3) is 121 Å². The third-order valence-electron chi connectivity index (χ3n) is 11.1. The number of furan rings is 3. The first-order chi connectivity index (χ1) is 26.3. The van der Waals surface area contributed by atoms with Crippen molar-refractivity contribution in [2.45, 2.75) is 0 Å². The quantitative estimate of drug-likeness (QED) is 0.175. The molecule has 0 N–H and O–H groups in total.